The van der Waals surface area contributed by atoms with Crippen LogP contribution in [-0.4, -0.2) is 17.9 Å². The van der Waals surface area contributed by atoms with E-state index in [2.05, 4.69) is 5.32 Å². The molecule has 0 heterocycles. The van der Waals surface area contributed by atoms with Crippen LogP contribution >= 0.6 is 0 Å². The van der Waals surface area contributed by atoms with Crippen LogP contribution < -0.4 is 5.32 Å². The molecule has 2 aromatic rings. The Kier molecular flexibility index (Phi) is 4.39. The Balaban J connectivity index is 2.23. The van der Waals surface area contributed by atoms with Crippen molar-refractivity contribution in [3.8, 4) is 0 Å². The van der Waals surface area contributed by atoms with Crippen molar-refractivity contribution in [2.24, 2.45) is 0 Å². The number of rotatable bonds is 5. The second-order valence-electron chi connectivity index (χ2n) is 4.23. The lowest BCUT2D eigenvalue weighted by Crippen LogP contribution is -2.34. The lowest BCUT2D eigenvalue weighted by atomic mass is 10.0. The summed E-state index contributed by atoms with van der Waals surface area (Å²) >= 11 is 0. The normalized spacial score (nSPS) is 11.4. The Bertz CT molecular complexity index is 609. The van der Waals surface area contributed by atoms with E-state index >= 15 is 0 Å². The van der Waals surface area contributed by atoms with Gasteiger partial charge in [0.2, 0.25) is 0 Å². The third-order valence-corrected chi connectivity index (χ3v) is 2.87. The van der Waals surface area contributed by atoms with Crippen LogP contribution in [0.2, 0.25) is 0 Å². The average Bonchev–Trinajstić information content (AvgIpc) is 2.53. The van der Waals surface area contributed by atoms with Crippen molar-refractivity contribution in [1.29, 1.82) is 5.41 Å². The molecule has 0 aliphatic heterocycles. The van der Waals surface area contributed by atoms with Crippen LogP contribution in [0.3, 0.4) is 0 Å². The van der Waals surface area contributed by atoms with Gasteiger partial charge in [0, 0.05) is 5.56 Å². The molecule has 1 amide bonds. The summed E-state index contributed by atoms with van der Waals surface area (Å²) in [5.74, 6) is -0.796. The van der Waals surface area contributed by atoms with Gasteiger partial charge in [-0.15, -0.1) is 0 Å². The van der Waals surface area contributed by atoms with Gasteiger partial charge in [0.1, 0.15) is 6.04 Å². The van der Waals surface area contributed by atoms with Gasteiger partial charge in [0.15, 0.2) is 5.78 Å². The van der Waals surface area contributed by atoms with Crippen molar-refractivity contribution in [3.05, 3.63) is 71.8 Å². The third kappa shape index (κ3) is 3.17. The summed E-state index contributed by atoms with van der Waals surface area (Å²) in [6.45, 7) is 0. The zero-order chi connectivity index (χ0) is 14.4. The van der Waals surface area contributed by atoms with Gasteiger partial charge in [-0.2, -0.15) is 0 Å². The van der Waals surface area contributed by atoms with E-state index < -0.39 is 11.8 Å². The molecule has 0 saturated heterocycles. The fourth-order valence-corrected chi connectivity index (χ4v) is 1.85. The minimum absolute atomic E-state index is 0.338. The number of carbonyl (C=O) groups is 2. The van der Waals surface area contributed by atoms with Crippen LogP contribution in [0.1, 0.15) is 22.0 Å². The van der Waals surface area contributed by atoms with E-state index in [-0.39, 0.29) is 5.91 Å². The summed E-state index contributed by atoms with van der Waals surface area (Å²) in [5.41, 5.74) is 1.14. The first-order chi connectivity index (χ1) is 9.72. The molecule has 0 unspecified atom stereocenters. The standard InChI is InChI=1S/C16H14N2O2/c17-11-14(19)15(12-7-3-1-4-8-12)18-16(20)13-9-5-2-6-10-13/h1-11,15,17H,(H,18,20)/t15-/m0/s1. The quantitative estimate of drug-likeness (QED) is 0.816. The Morgan fingerprint density at radius 2 is 1.50 bits per heavy atom. The van der Waals surface area contributed by atoms with E-state index in [0.717, 1.165) is 6.21 Å². The van der Waals surface area contributed by atoms with Crippen LogP contribution in [0.25, 0.3) is 0 Å². The van der Waals surface area contributed by atoms with Crippen LogP contribution in [0.5, 0.6) is 0 Å². The van der Waals surface area contributed by atoms with Gasteiger partial charge in [-0.1, -0.05) is 48.5 Å². The number of nitrogens with one attached hydrogen (secondary N) is 2. The van der Waals surface area contributed by atoms with Gasteiger partial charge >= 0.3 is 0 Å². The largest absolute Gasteiger partial charge is 0.338 e. The summed E-state index contributed by atoms with van der Waals surface area (Å²) in [7, 11) is 0. The molecular formula is C16H14N2O2. The fraction of sp³-hybridized carbons (Fsp3) is 0.0625. The van der Waals surface area contributed by atoms with Gasteiger partial charge in [-0.3, -0.25) is 9.59 Å². The molecule has 2 aromatic carbocycles. The van der Waals surface area contributed by atoms with Crippen LogP contribution in [0, 0.1) is 5.41 Å². The molecule has 2 N–H and O–H groups in total. The molecule has 0 aliphatic rings. The number of hydrogen-bond acceptors (Lipinski definition) is 3. The van der Waals surface area contributed by atoms with Crippen molar-refractivity contribution < 1.29 is 9.59 Å². The minimum atomic E-state index is -0.832. The fourth-order valence-electron chi connectivity index (χ4n) is 1.85. The summed E-state index contributed by atoms with van der Waals surface area (Å²) in [5, 5.41) is 9.77. The first-order valence-corrected chi connectivity index (χ1v) is 6.17. The van der Waals surface area contributed by atoms with Gasteiger partial charge in [0.25, 0.3) is 5.91 Å². The number of Topliss-reactive ketones (excluding diaryl/α,β-unsaturated/α-hetero) is 1. The van der Waals surface area contributed by atoms with E-state index in [1.165, 1.54) is 0 Å². The van der Waals surface area contributed by atoms with Crippen LogP contribution in [-0.2, 0) is 4.79 Å². The van der Waals surface area contributed by atoms with Gasteiger partial charge in [0.05, 0.1) is 6.21 Å². The highest BCUT2D eigenvalue weighted by molar-refractivity contribution is 6.29. The molecule has 0 aromatic heterocycles. The molecule has 0 radical (unpaired) electrons. The van der Waals surface area contributed by atoms with Crippen molar-refractivity contribution in [1.82, 2.24) is 5.32 Å². The third-order valence-electron chi connectivity index (χ3n) is 2.87. The second-order valence-corrected chi connectivity index (χ2v) is 4.23. The molecule has 20 heavy (non-hydrogen) atoms. The maximum Gasteiger partial charge on any atom is 0.252 e. The number of carbonyl (C=O) groups excluding carboxylic acids is 2. The lowest BCUT2D eigenvalue weighted by molar-refractivity contribution is -0.114. The molecule has 2 rings (SSSR count). The zero-order valence-corrected chi connectivity index (χ0v) is 10.7. The van der Waals surface area contributed by atoms with E-state index in [4.69, 9.17) is 5.41 Å². The molecule has 100 valence electrons. The lowest BCUT2D eigenvalue weighted by Gasteiger charge is -2.16. The smallest absolute Gasteiger partial charge is 0.252 e. The minimum Gasteiger partial charge on any atom is -0.338 e. The van der Waals surface area contributed by atoms with E-state index in [1.54, 1.807) is 48.5 Å². The zero-order valence-electron chi connectivity index (χ0n) is 10.7. The Morgan fingerprint density at radius 3 is 2.05 bits per heavy atom. The maximum atomic E-state index is 12.1. The Hall–Kier alpha value is -2.75. The van der Waals surface area contributed by atoms with Crippen LogP contribution in [0.15, 0.2) is 60.7 Å². The van der Waals surface area contributed by atoms with Gasteiger partial charge < -0.3 is 10.7 Å². The monoisotopic (exact) mass is 266 g/mol. The Morgan fingerprint density at radius 1 is 0.950 bits per heavy atom. The highest BCUT2D eigenvalue weighted by atomic mass is 16.2. The molecule has 4 heteroatoms. The molecule has 0 fully saturated rings. The molecular weight excluding hydrogens is 252 g/mol. The number of benzene rings is 2. The highest BCUT2D eigenvalue weighted by Gasteiger charge is 2.21. The first kappa shape index (κ1) is 13.7. The summed E-state index contributed by atoms with van der Waals surface area (Å²) in [6, 6.07) is 16.7. The molecule has 1 atom stereocenters. The summed E-state index contributed by atoms with van der Waals surface area (Å²) in [4.78, 5) is 23.9. The van der Waals surface area contributed by atoms with Gasteiger partial charge in [-0.05, 0) is 17.7 Å². The number of hydrogen-bond donors (Lipinski definition) is 2. The van der Waals surface area contributed by atoms with Crippen molar-refractivity contribution in [2.75, 3.05) is 0 Å². The first-order valence-electron chi connectivity index (χ1n) is 6.17. The van der Waals surface area contributed by atoms with Crippen molar-refractivity contribution in [2.45, 2.75) is 6.04 Å². The van der Waals surface area contributed by atoms with E-state index in [1.807, 2.05) is 12.1 Å². The van der Waals surface area contributed by atoms with Gasteiger partial charge in [-0.25, -0.2) is 0 Å². The Labute approximate surface area is 117 Å². The molecule has 0 bridgehead atoms. The highest BCUT2D eigenvalue weighted by Crippen LogP contribution is 2.14. The molecule has 0 spiro atoms. The number of ketones is 1. The van der Waals surface area contributed by atoms with Crippen LogP contribution in [0.4, 0.5) is 0 Å². The molecule has 4 nitrogen and oxygen atoms in total. The molecule has 0 saturated carbocycles. The predicted molar refractivity (Wildman–Crippen MR) is 76.9 cm³/mol. The summed E-state index contributed by atoms with van der Waals surface area (Å²) < 4.78 is 0. The second kappa shape index (κ2) is 6.43. The van der Waals surface area contributed by atoms with E-state index in [9.17, 15) is 9.59 Å². The maximum absolute atomic E-state index is 12.1. The molecule has 0 aliphatic carbocycles. The van der Waals surface area contributed by atoms with Crippen molar-refractivity contribution >= 4 is 17.9 Å². The predicted octanol–water partition coefficient (Wildman–Crippen LogP) is 2.38. The topological polar surface area (TPSA) is 70.0 Å². The van der Waals surface area contributed by atoms with E-state index in [0.29, 0.717) is 11.1 Å². The summed E-state index contributed by atoms with van der Waals surface area (Å²) in [6.07, 6.45) is 0.725. The average molecular weight is 266 g/mol. The SMILES string of the molecule is N=CC(=O)[C@@H](NC(=O)c1ccccc1)c1ccccc1. The van der Waals surface area contributed by atoms with Crippen molar-refractivity contribution in [3.63, 3.8) is 0 Å². The number of amides is 1.